The van der Waals surface area contributed by atoms with Gasteiger partial charge in [-0.2, -0.15) is 0 Å². The van der Waals surface area contributed by atoms with Crippen LogP contribution in [0, 0.1) is 13.8 Å². The van der Waals surface area contributed by atoms with Crippen LogP contribution in [-0.4, -0.2) is 37.4 Å². The van der Waals surface area contributed by atoms with Gasteiger partial charge in [-0.05, 0) is 70.0 Å². The van der Waals surface area contributed by atoms with Crippen LogP contribution < -0.4 is 4.74 Å². The van der Waals surface area contributed by atoms with Crippen molar-refractivity contribution in [2.45, 2.75) is 52.8 Å². The van der Waals surface area contributed by atoms with Crippen molar-refractivity contribution < 1.29 is 24.5 Å². The van der Waals surface area contributed by atoms with Crippen molar-refractivity contribution >= 4 is 23.0 Å². The first-order valence-electron chi connectivity index (χ1n) is 11.2. The Labute approximate surface area is 208 Å². The van der Waals surface area contributed by atoms with E-state index in [-0.39, 0.29) is 23.5 Å². The zero-order valence-electron chi connectivity index (χ0n) is 20.3. The number of Topliss-reactive ketones (excluding diaryl/α,β-unsaturated/α-hetero) is 1. The molecule has 1 aromatic heterocycles. The maximum absolute atomic E-state index is 13.6. The monoisotopic (exact) mass is 492 g/mol. The van der Waals surface area contributed by atoms with E-state index >= 15 is 0 Å². The van der Waals surface area contributed by atoms with Gasteiger partial charge in [-0.3, -0.25) is 9.59 Å². The maximum Gasteiger partial charge on any atom is 0.290 e. The minimum Gasteiger partial charge on any atom is -0.508 e. The maximum atomic E-state index is 13.6. The van der Waals surface area contributed by atoms with E-state index in [1.807, 2.05) is 45.0 Å². The molecule has 2 heterocycles. The number of benzene rings is 2. The predicted octanol–water partition coefficient (Wildman–Crippen LogP) is 5.42. The second kappa shape index (κ2) is 9.19. The fraction of sp³-hybridized carbons (Fsp3) is 0.296. The zero-order chi connectivity index (χ0) is 25.5. The molecule has 0 bridgehead atoms. The predicted molar refractivity (Wildman–Crippen MR) is 134 cm³/mol. The number of thiazole rings is 1. The first-order valence-corrected chi connectivity index (χ1v) is 12.1. The molecule has 1 aliphatic rings. The fourth-order valence-corrected chi connectivity index (χ4v) is 5.00. The molecule has 2 aromatic carbocycles. The Kier molecular flexibility index (Phi) is 6.42. The van der Waals surface area contributed by atoms with Crippen LogP contribution >= 0.6 is 11.3 Å². The number of ether oxygens (including phenoxy) is 1. The standard InChI is InChI=1S/C27H28N2O5S/c1-15-25(35-16(2)28-15)23(31)21-22(18-8-10-19(30)11-9-18)29(26(33)24(21)32)14-17-6-12-20(13-7-17)34-27(3,4)5/h6-13,22,30,32H,14H2,1-5H3. The number of hydrogen-bond donors (Lipinski definition) is 2. The van der Waals surface area contributed by atoms with E-state index in [0.717, 1.165) is 10.6 Å². The Morgan fingerprint density at radius 3 is 2.23 bits per heavy atom. The molecule has 182 valence electrons. The van der Waals surface area contributed by atoms with E-state index in [1.54, 1.807) is 26.0 Å². The minimum absolute atomic E-state index is 0.0140. The van der Waals surface area contributed by atoms with Crippen LogP contribution in [0.1, 0.15) is 58.3 Å². The molecule has 7 nitrogen and oxygen atoms in total. The molecule has 0 saturated carbocycles. The van der Waals surface area contributed by atoms with Gasteiger partial charge in [0, 0.05) is 6.54 Å². The van der Waals surface area contributed by atoms with Crippen LogP contribution in [0.3, 0.4) is 0 Å². The molecule has 3 aromatic rings. The summed E-state index contributed by atoms with van der Waals surface area (Å²) in [4.78, 5) is 33.0. The van der Waals surface area contributed by atoms with Crippen LogP contribution in [0.25, 0.3) is 0 Å². The third-order valence-corrected chi connectivity index (χ3v) is 6.64. The Balaban J connectivity index is 1.71. The number of aliphatic hydroxyl groups is 1. The average Bonchev–Trinajstić information content (AvgIpc) is 3.25. The fourth-order valence-electron chi connectivity index (χ4n) is 4.13. The highest BCUT2D eigenvalue weighted by molar-refractivity contribution is 7.14. The van der Waals surface area contributed by atoms with Gasteiger partial charge in [0.15, 0.2) is 5.76 Å². The Morgan fingerprint density at radius 2 is 1.69 bits per heavy atom. The number of carbonyl (C=O) groups is 2. The number of aliphatic hydroxyl groups excluding tert-OH is 1. The Bertz CT molecular complexity index is 1300. The second-order valence-corrected chi connectivity index (χ2v) is 10.7. The molecule has 8 heteroatoms. The summed E-state index contributed by atoms with van der Waals surface area (Å²) >= 11 is 1.23. The van der Waals surface area contributed by atoms with Gasteiger partial charge in [-0.25, -0.2) is 4.98 Å². The molecule has 1 aliphatic heterocycles. The van der Waals surface area contributed by atoms with Gasteiger partial charge in [0.25, 0.3) is 5.91 Å². The molecule has 1 atom stereocenters. The number of ketones is 1. The average molecular weight is 493 g/mol. The summed E-state index contributed by atoms with van der Waals surface area (Å²) in [6.07, 6.45) is 0. The van der Waals surface area contributed by atoms with E-state index in [1.165, 1.54) is 28.4 Å². The van der Waals surface area contributed by atoms with Crippen molar-refractivity contribution in [3.8, 4) is 11.5 Å². The van der Waals surface area contributed by atoms with Gasteiger partial charge in [-0.1, -0.05) is 24.3 Å². The van der Waals surface area contributed by atoms with Gasteiger partial charge >= 0.3 is 0 Å². The molecule has 1 unspecified atom stereocenters. The highest BCUT2D eigenvalue weighted by atomic mass is 32.1. The van der Waals surface area contributed by atoms with Crippen molar-refractivity contribution in [1.82, 2.24) is 9.88 Å². The lowest BCUT2D eigenvalue weighted by Crippen LogP contribution is -2.30. The quantitative estimate of drug-likeness (QED) is 0.446. The summed E-state index contributed by atoms with van der Waals surface area (Å²) in [5.74, 6) is -0.842. The normalized spacial score (nSPS) is 16.2. The number of hydrogen-bond acceptors (Lipinski definition) is 7. The number of phenolic OH excluding ortho intramolecular Hbond substituents is 1. The molecular formula is C27H28N2O5S. The number of aromatic hydroxyl groups is 1. The van der Waals surface area contributed by atoms with Crippen molar-refractivity contribution in [1.29, 1.82) is 0 Å². The van der Waals surface area contributed by atoms with E-state index < -0.39 is 23.5 Å². The van der Waals surface area contributed by atoms with Gasteiger partial charge in [0.2, 0.25) is 5.78 Å². The van der Waals surface area contributed by atoms with Crippen molar-refractivity contribution in [3.63, 3.8) is 0 Å². The summed E-state index contributed by atoms with van der Waals surface area (Å²) in [5, 5.41) is 21.4. The topological polar surface area (TPSA) is 100.0 Å². The molecule has 0 aliphatic carbocycles. The van der Waals surface area contributed by atoms with Gasteiger partial charge in [-0.15, -0.1) is 11.3 Å². The van der Waals surface area contributed by atoms with Crippen molar-refractivity contribution in [2.75, 3.05) is 0 Å². The molecule has 35 heavy (non-hydrogen) atoms. The SMILES string of the molecule is Cc1nc(C)c(C(=O)C2=C(O)C(=O)N(Cc3ccc(OC(C)(C)C)cc3)C2c2ccc(O)cc2)s1. The molecule has 2 N–H and O–H groups in total. The number of aryl methyl sites for hydroxylation is 2. The lowest BCUT2D eigenvalue weighted by Gasteiger charge is -2.27. The summed E-state index contributed by atoms with van der Waals surface area (Å²) in [7, 11) is 0. The number of rotatable bonds is 6. The first kappa shape index (κ1) is 24.5. The van der Waals surface area contributed by atoms with Gasteiger partial charge in [0.1, 0.15) is 17.1 Å². The summed E-state index contributed by atoms with van der Waals surface area (Å²) in [6, 6.07) is 12.9. The molecule has 0 fully saturated rings. The van der Waals surface area contributed by atoms with Crippen LogP contribution in [0.4, 0.5) is 0 Å². The molecule has 1 amide bonds. The zero-order valence-corrected chi connectivity index (χ0v) is 21.1. The number of aromatic nitrogens is 1. The summed E-state index contributed by atoms with van der Waals surface area (Å²) < 4.78 is 5.88. The third-order valence-electron chi connectivity index (χ3n) is 5.57. The van der Waals surface area contributed by atoms with Gasteiger partial charge < -0.3 is 19.8 Å². The van der Waals surface area contributed by atoms with E-state index in [9.17, 15) is 19.8 Å². The Morgan fingerprint density at radius 1 is 1.06 bits per heavy atom. The molecule has 0 saturated heterocycles. The van der Waals surface area contributed by atoms with Crippen LogP contribution in [0.15, 0.2) is 59.9 Å². The van der Waals surface area contributed by atoms with Crippen LogP contribution in [0.2, 0.25) is 0 Å². The van der Waals surface area contributed by atoms with Crippen LogP contribution in [0.5, 0.6) is 11.5 Å². The van der Waals surface area contributed by atoms with Crippen molar-refractivity contribution in [3.05, 3.63) is 86.6 Å². The van der Waals surface area contributed by atoms with Crippen molar-refractivity contribution in [2.24, 2.45) is 0 Å². The highest BCUT2D eigenvalue weighted by Crippen LogP contribution is 2.41. The van der Waals surface area contributed by atoms with E-state index in [2.05, 4.69) is 4.98 Å². The molecular weight excluding hydrogens is 464 g/mol. The summed E-state index contributed by atoms with van der Waals surface area (Å²) in [5.41, 5.74) is 1.65. The first-order chi connectivity index (χ1) is 16.4. The molecule has 4 rings (SSSR count). The highest BCUT2D eigenvalue weighted by Gasteiger charge is 2.44. The molecule has 0 radical (unpaired) electrons. The number of nitrogens with zero attached hydrogens (tertiary/aromatic N) is 2. The minimum atomic E-state index is -0.817. The van der Waals surface area contributed by atoms with E-state index in [0.29, 0.717) is 21.9 Å². The molecule has 0 spiro atoms. The number of phenols is 1. The van der Waals surface area contributed by atoms with E-state index in [4.69, 9.17) is 4.74 Å². The smallest absolute Gasteiger partial charge is 0.290 e. The summed E-state index contributed by atoms with van der Waals surface area (Å²) in [6.45, 7) is 9.60. The third kappa shape index (κ3) is 5.07. The lowest BCUT2D eigenvalue weighted by atomic mass is 9.94. The number of carbonyl (C=O) groups excluding carboxylic acids is 2. The second-order valence-electron chi connectivity index (χ2n) is 9.52. The number of amides is 1. The van der Waals surface area contributed by atoms with Crippen LogP contribution in [-0.2, 0) is 11.3 Å². The lowest BCUT2D eigenvalue weighted by molar-refractivity contribution is -0.130. The largest absolute Gasteiger partial charge is 0.508 e. The van der Waals surface area contributed by atoms with Gasteiger partial charge in [0.05, 0.1) is 27.2 Å². The Hall–Kier alpha value is -3.65.